The lowest BCUT2D eigenvalue weighted by Crippen LogP contribution is -2.26. The molecule has 0 atom stereocenters. The van der Waals surface area contributed by atoms with Gasteiger partial charge in [-0.25, -0.2) is 19.9 Å². The number of nitrogens with zero attached hydrogens (tertiary/aromatic N) is 5. The Labute approximate surface area is 184 Å². The summed E-state index contributed by atoms with van der Waals surface area (Å²) in [4.78, 5) is 42.0. The number of aromatic nitrogens is 5. The molecule has 0 radical (unpaired) electrons. The smallest absolute Gasteiger partial charge is 0.282 e. The summed E-state index contributed by atoms with van der Waals surface area (Å²) in [6.45, 7) is 0.411. The molecule has 3 heterocycles. The normalized spacial score (nSPS) is 11.0. The van der Waals surface area contributed by atoms with Gasteiger partial charge in [0.1, 0.15) is 4.34 Å². The first kappa shape index (κ1) is 20.5. The monoisotopic (exact) mass is 458 g/mol. The van der Waals surface area contributed by atoms with Crippen LogP contribution in [0.1, 0.15) is 5.56 Å². The number of carbonyl (C=O) groups excluding carboxylic acids is 1. The largest absolute Gasteiger partial charge is 0.301 e. The maximum Gasteiger partial charge on any atom is 0.282 e. The van der Waals surface area contributed by atoms with Crippen LogP contribution in [0.25, 0.3) is 11.2 Å². The molecular weight excluding hydrogens is 444 g/mol. The number of thioether (sulfide) groups is 1. The third kappa shape index (κ3) is 4.84. The van der Waals surface area contributed by atoms with E-state index in [4.69, 9.17) is 11.6 Å². The van der Waals surface area contributed by atoms with Gasteiger partial charge in [-0.15, -0.1) is 0 Å². The number of aryl methyl sites for hydroxylation is 1. The van der Waals surface area contributed by atoms with Gasteiger partial charge in [0.25, 0.3) is 5.56 Å². The molecule has 0 spiro atoms. The number of anilines is 1. The maximum atomic E-state index is 13.0. The highest BCUT2D eigenvalue weighted by atomic mass is 35.5. The highest BCUT2D eigenvalue weighted by molar-refractivity contribution is 7.99. The Kier molecular flexibility index (Phi) is 6.36. The minimum Gasteiger partial charge on any atom is -0.301 e. The molecule has 8 nitrogen and oxygen atoms in total. The van der Waals surface area contributed by atoms with Crippen molar-refractivity contribution in [2.45, 2.75) is 18.1 Å². The van der Waals surface area contributed by atoms with Crippen LogP contribution in [0.4, 0.5) is 5.13 Å². The summed E-state index contributed by atoms with van der Waals surface area (Å²) >= 11 is 8.17. The van der Waals surface area contributed by atoms with Gasteiger partial charge in [0, 0.05) is 18.9 Å². The second kappa shape index (κ2) is 9.33. The highest BCUT2D eigenvalue weighted by Crippen LogP contribution is 2.23. The van der Waals surface area contributed by atoms with E-state index >= 15 is 0 Å². The number of carbonyl (C=O) groups is 1. The van der Waals surface area contributed by atoms with E-state index in [1.54, 1.807) is 4.57 Å². The summed E-state index contributed by atoms with van der Waals surface area (Å²) in [7, 11) is 0. The summed E-state index contributed by atoms with van der Waals surface area (Å²) < 4.78 is 2.03. The number of rotatable bonds is 7. The zero-order valence-corrected chi connectivity index (χ0v) is 17.9. The third-order valence-corrected chi connectivity index (χ3v) is 6.09. The fraction of sp³-hybridized carbons (Fsp3) is 0.158. The Morgan fingerprint density at radius 1 is 1.17 bits per heavy atom. The molecule has 0 aliphatic rings. The van der Waals surface area contributed by atoms with E-state index in [0.717, 1.165) is 17.3 Å². The zero-order valence-electron chi connectivity index (χ0n) is 15.5. The van der Waals surface area contributed by atoms with Gasteiger partial charge in [-0.1, -0.05) is 65.0 Å². The average Bonchev–Trinajstić information content (AvgIpc) is 3.17. The molecule has 4 aromatic rings. The Morgan fingerprint density at radius 2 is 1.97 bits per heavy atom. The lowest BCUT2D eigenvalue weighted by molar-refractivity contribution is -0.113. The molecule has 0 unspecified atom stereocenters. The van der Waals surface area contributed by atoms with Crippen LogP contribution in [0, 0.1) is 0 Å². The minimum atomic E-state index is -0.279. The molecule has 0 aliphatic carbocycles. The lowest BCUT2D eigenvalue weighted by atomic mass is 10.1. The first-order chi connectivity index (χ1) is 14.6. The van der Waals surface area contributed by atoms with Crippen molar-refractivity contribution in [3.8, 4) is 0 Å². The fourth-order valence-electron chi connectivity index (χ4n) is 2.72. The predicted molar refractivity (Wildman–Crippen MR) is 118 cm³/mol. The standard InChI is InChI=1S/C19H15ClN6O2S2/c20-13-10-23-18(30-13)24-14(27)11-29-19-25-16-15(21-7-8-22-16)17(28)26(19)9-6-12-4-2-1-3-5-12/h1-5,7-8,10H,6,9,11H2,(H,23,24,27). The quantitative estimate of drug-likeness (QED) is 0.335. The van der Waals surface area contributed by atoms with E-state index in [-0.39, 0.29) is 28.4 Å². The highest BCUT2D eigenvalue weighted by Gasteiger charge is 2.15. The van der Waals surface area contributed by atoms with E-state index in [1.165, 1.54) is 29.9 Å². The van der Waals surface area contributed by atoms with Gasteiger partial charge in [0.2, 0.25) is 5.91 Å². The van der Waals surface area contributed by atoms with Crippen LogP contribution in [-0.4, -0.2) is 36.2 Å². The van der Waals surface area contributed by atoms with Crippen molar-refractivity contribution < 1.29 is 4.79 Å². The Bertz CT molecular complexity index is 1240. The topological polar surface area (TPSA) is 103 Å². The van der Waals surface area contributed by atoms with Gasteiger partial charge < -0.3 is 5.32 Å². The number of halogens is 1. The van der Waals surface area contributed by atoms with Crippen LogP contribution in [0.5, 0.6) is 0 Å². The predicted octanol–water partition coefficient (Wildman–Crippen LogP) is 3.27. The van der Waals surface area contributed by atoms with Crippen molar-refractivity contribution >= 4 is 56.9 Å². The van der Waals surface area contributed by atoms with Crippen LogP contribution in [-0.2, 0) is 17.8 Å². The Hall–Kier alpha value is -2.82. The third-order valence-electron chi connectivity index (χ3n) is 4.08. The summed E-state index contributed by atoms with van der Waals surface area (Å²) in [5, 5.41) is 3.52. The number of hydrogen-bond acceptors (Lipinski definition) is 8. The molecule has 152 valence electrons. The number of benzene rings is 1. The average molecular weight is 459 g/mol. The van der Waals surface area contributed by atoms with Crippen LogP contribution in [0.2, 0.25) is 4.34 Å². The van der Waals surface area contributed by atoms with Crippen LogP contribution in [0.3, 0.4) is 0 Å². The molecule has 4 rings (SSSR count). The summed E-state index contributed by atoms with van der Waals surface area (Å²) in [5.41, 5.74) is 1.28. The molecule has 0 saturated heterocycles. The molecule has 0 bridgehead atoms. The van der Waals surface area contributed by atoms with E-state index in [0.29, 0.717) is 27.6 Å². The second-order valence-corrected chi connectivity index (χ2v) is 8.73. The molecule has 0 saturated carbocycles. The zero-order chi connectivity index (χ0) is 20.9. The second-order valence-electron chi connectivity index (χ2n) is 6.12. The number of hydrogen-bond donors (Lipinski definition) is 1. The van der Waals surface area contributed by atoms with Gasteiger partial charge in [0.15, 0.2) is 21.5 Å². The molecular formula is C19H15ClN6O2S2. The molecule has 30 heavy (non-hydrogen) atoms. The van der Waals surface area contributed by atoms with Crippen molar-refractivity contribution in [1.29, 1.82) is 0 Å². The first-order valence-electron chi connectivity index (χ1n) is 8.89. The summed E-state index contributed by atoms with van der Waals surface area (Å²) in [6, 6.07) is 9.84. The number of amides is 1. The van der Waals surface area contributed by atoms with Gasteiger partial charge >= 0.3 is 0 Å². The van der Waals surface area contributed by atoms with Gasteiger partial charge in [-0.05, 0) is 12.0 Å². The minimum absolute atomic E-state index is 0.0563. The molecule has 11 heteroatoms. The Morgan fingerprint density at radius 3 is 2.73 bits per heavy atom. The summed E-state index contributed by atoms with van der Waals surface area (Å²) in [5.74, 6) is -0.213. The molecule has 1 N–H and O–H groups in total. The number of fused-ring (bicyclic) bond motifs is 1. The maximum absolute atomic E-state index is 13.0. The van der Waals surface area contributed by atoms with Gasteiger partial charge in [0.05, 0.1) is 11.9 Å². The fourth-order valence-corrected chi connectivity index (χ4v) is 4.36. The molecule has 0 fully saturated rings. The van der Waals surface area contributed by atoms with Crippen LogP contribution < -0.4 is 10.9 Å². The van der Waals surface area contributed by atoms with Crippen molar-refractivity contribution in [2.75, 3.05) is 11.1 Å². The number of thiazole rings is 1. The van der Waals surface area contributed by atoms with Crippen molar-refractivity contribution in [1.82, 2.24) is 24.5 Å². The molecule has 1 aromatic carbocycles. The van der Waals surface area contributed by atoms with E-state index in [2.05, 4.69) is 25.3 Å². The van der Waals surface area contributed by atoms with Gasteiger partial charge in [-0.3, -0.25) is 14.2 Å². The molecule has 3 aromatic heterocycles. The van der Waals surface area contributed by atoms with Crippen molar-refractivity contribution in [3.63, 3.8) is 0 Å². The van der Waals surface area contributed by atoms with Crippen LogP contribution in [0.15, 0.2) is 58.9 Å². The van der Waals surface area contributed by atoms with Gasteiger partial charge in [-0.2, -0.15) is 0 Å². The van der Waals surface area contributed by atoms with E-state index in [9.17, 15) is 9.59 Å². The van der Waals surface area contributed by atoms with Crippen molar-refractivity contribution in [2.24, 2.45) is 0 Å². The number of nitrogens with one attached hydrogen (secondary N) is 1. The first-order valence-corrected chi connectivity index (χ1v) is 11.1. The lowest BCUT2D eigenvalue weighted by Gasteiger charge is -2.12. The SMILES string of the molecule is O=C(CSc1nc2nccnc2c(=O)n1CCc1ccccc1)Nc1ncc(Cl)s1. The molecule has 1 amide bonds. The molecule has 0 aliphatic heterocycles. The van der Waals surface area contributed by atoms with E-state index in [1.807, 2.05) is 30.3 Å². The summed E-state index contributed by atoms with van der Waals surface area (Å²) in [6.07, 6.45) is 5.06. The van der Waals surface area contributed by atoms with E-state index < -0.39 is 0 Å². The Balaban J connectivity index is 1.56. The van der Waals surface area contributed by atoms with Crippen molar-refractivity contribution in [3.05, 3.63) is 69.2 Å². The van der Waals surface area contributed by atoms with Crippen LogP contribution >= 0.6 is 34.7 Å².